The molecule has 4 nitrogen and oxygen atoms in total. The molecular weight excluding hydrogens is 252 g/mol. The van der Waals surface area contributed by atoms with Crippen LogP contribution >= 0.6 is 11.6 Å². The standard InChI is InChI=1S/C13H19ClN2O2/c1-12(2,3)18-11(17)16-13(4,5)9-7-6-8-15-10(9)14/h6-8H,1-5H3,(H,16,17). The highest BCUT2D eigenvalue weighted by Crippen LogP contribution is 2.26. The molecule has 1 aromatic heterocycles. The molecule has 0 aromatic carbocycles. The first-order valence-corrected chi connectivity index (χ1v) is 6.12. The van der Waals surface area contributed by atoms with Crippen LogP contribution in [0.25, 0.3) is 0 Å². The number of hydrogen-bond acceptors (Lipinski definition) is 3. The number of nitrogens with one attached hydrogen (secondary N) is 1. The number of ether oxygens (including phenoxy) is 1. The van der Waals surface area contributed by atoms with E-state index in [1.165, 1.54) is 0 Å². The molecule has 0 atom stereocenters. The van der Waals surface area contributed by atoms with Crippen LogP contribution in [0, 0.1) is 0 Å². The summed E-state index contributed by atoms with van der Waals surface area (Å²) in [7, 11) is 0. The normalized spacial score (nSPS) is 12.1. The largest absolute Gasteiger partial charge is 0.444 e. The lowest BCUT2D eigenvalue weighted by atomic mass is 9.96. The number of amides is 1. The van der Waals surface area contributed by atoms with Gasteiger partial charge in [0.2, 0.25) is 0 Å². The van der Waals surface area contributed by atoms with E-state index in [9.17, 15) is 4.79 Å². The van der Waals surface area contributed by atoms with Crippen LogP contribution in [-0.2, 0) is 10.3 Å². The fourth-order valence-electron chi connectivity index (χ4n) is 1.48. The number of nitrogens with zero attached hydrogens (tertiary/aromatic N) is 1. The van der Waals surface area contributed by atoms with E-state index < -0.39 is 17.2 Å². The summed E-state index contributed by atoms with van der Waals surface area (Å²) in [5.74, 6) is 0. The molecule has 5 heteroatoms. The topological polar surface area (TPSA) is 51.2 Å². The van der Waals surface area contributed by atoms with E-state index in [0.717, 1.165) is 5.56 Å². The molecule has 0 fully saturated rings. The Bertz CT molecular complexity index is 439. The van der Waals surface area contributed by atoms with Crippen molar-refractivity contribution in [3.63, 3.8) is 0 Å². The Balaban J connectivity index is 2.83. The molecule has 1 amide bonds. The average molecular weight is 271 g/mol. The summed E-state index contributed by atoms with van der Waals surface area (Å²) < 4.78 is 5.22. The van der Waals surface area contributed by atoms with Gasteiger partial charge in [-0.2, -0.15) is 0 Å². The third-order valence-corrected chi connectivity index (χ3v) is 2.55. The Hall–Kier alpha value is -1.29. The van der Waals surface area contributed by atoms with Gasteiger partial charge in [0.15, 0.2) is 0 Å². The second kappa shape index (κ2) is 5.14. The highest BCUT2D eigenvalue weighted by molar-refractivity contribution is 6.30. The number of alkyl carbamates (subject to hydrolysis) is 1. The molecule has 18 heavy (non-hydrogen) atoms. The molecule has 0 saturated carbocycles. The van der Waals surface area contributed by atoms with E-state index in [0.29, 0.717) is 5.15 Å². The molecule has 0 saturated heterocycles. The molecule has 0 aliphatic carbocycles. The van der Waals surface area contributed by atoms with Crippen molar-refractivity contribution in [1.82, 2.24) is 10.3 Å². The summed E-state index contributed by atoms with van der Waals surface area (Å²) in [6.07, 6.45) is 1.13. The predicted octanol–water partition coefficient (Wildman–Crippen LogP) is 3.49. The first kappa shape index (κ1) is 14.8. The van der Waals surface area contributed by atoms with Crippen molar-refractivity contribution in [1.29, 1.82) is 0 Å². The van der Waals surface area contributed by atoms with Crippen LogP contribution < -0.4 is 5.32 Å². The number of carbonyl (C=O) groups is 1. The molecule has 0 bridgehead atoms. The minimum atomic E-state index is -0.645. The van der Waals surface area contributed by atoms with Crippen molar-refractivity contribution in [2.75, 3.05) is 0 Å². The minimum Gasteiger partial charge on any atom is -0.444 e. The zero-order valence-corrected chi connectivity index (χ0v) is 12.1. The SMILES string of the molecule is CC(C)(C)OC(=O)NC(C)(C)c1cccnc1Cl. The van der Waals surface area contributed by atoms with Gasteiger partial charge in [-0.3, -0.25) is 0 Å². The smallest absolute Gasteiger partial charge is 0.408 e. The van der Waals surface area contributed by atoms with Crippen LogP contribution in [0.4, 0.5) is 4.79 Å². The molecule has 100 valence electrons. The van der Waals surface area contributed by atoms with Crippen molar-refractivity contribution >= 4 is 17.7 Å². The van der Waals surface area contributed by atoms with Crippen molar-refractivity contribution in [2.24, 2.45) is 0 Å². The van der Waals surface area contributed by atoms with E-state index >= 15 is 0 Å². The van der Waals surface area contributed by atoms with Crippen LogP contribution in [0.3, 0.4) is 0 Å². The van der Waals surface area contributed by atoms with Crippen LogP contribution in [0.1, 0.15) is 40.2 Å². The van der Waals surface area contributed by atoms with Gasteiger partial charge in [0.05, 0.1) is 5.54 Å². The lowest BCUT2D eigenvalue weighted by Crippen LogP contribution is -2.44. The highest BCUT2D eigenvalue weighted by atomic mass is 35.5. The first-order valence-electron chi connectivity index (χ1n) is 5.74. The van der Waals surface area contributed by atoms with Gasteiger partial charge in [-0.05, 0) is 40.7 Å². The average Bonchev–Trinajstić information content (AvgIpc) is 2.13. The van der Waals surface area contributed by atoms with Crippen molar-refractivity contribution in [3.05, 3.63) is 29.0 Å². The fourth-order valence-corrected chi connectivity index (χ4v) is 1.83. The van der Waals surface area contributed by atoms with Crippen LogP contribution in [-0.4, -0.2) is 16.7 Å². The summed E-state index contributed by atoms with van der Waals surface area (Å²) >= 11 is 6.02. The zero-order valence-electron chi connectivity index (χ0n) is 11.4. The van der Waals surface area contributed by atoms with E-state index in [1.54, 1.807) is 12.3 Å². The van der Waals surface area contributed by atoms with Crippen LogP contribution in [0.15, 0.2) is 18.3 Å². The van der Waals surface area contributed by atoms with Gasteiger partial charge in [0.1, 0.15) is 10.8 Å². The number of rotatable bonds is 2. The molecule has 1 aromatic rings. The summed E-state index contributed by atoms with van der Waals surface area (Å²) in [5.41, 5.74) is -0.426. The summed E-state index contributed by atoms with van der Waals surface area (Å²) in [4.78, 5) is 15.8. The Morgan fingerprint density at radius 2 is 1.94 bits per heavy atom. The molecule has 1 rings (SSSR count). The summed E-state index contributed by atoms with van der Waals surface area (Å²) in [5, 5.41) is 3.16. The summed E-state index contributed by atoms with van der Waals surface area (Å²) in [6, 6.07) is 3.60. The lowest BCUT2D eigenvalue weighted by Gasteiger charge is -2.29. The van der Waals surface area contributed by atoms with E-state index in [2.05, 4.69) is 10.3 Å². The lowest BCUT2D eigenvalue weighted by molar-refractivity contribution is 0.0470. The number of halogens is 1. The third-order valence-electron chi connectivity index (χ3n) is 2.25. The zero-order chi connectivity index (χ0) is 14.0. The molecule has 0 aliphatic rings. The third kappa shape index (κ3) is 4.18. The van der Waals surface area contributed by atoms with Crippen molar-refractivity contribution in [2.45, 2.75) is 45.8 Å². The number of hydrogen-bond donors (Lipinski definition) is 1. The Morgan fingerprint density at radius 3 is 2.44 bits per heavy atom. The number of aromatic nitrogens is 1. The molecule has 0 radical (unpaired) electrons. The van der Waals surface area contributed by atoms with Crippen molar-refractivity contribution in [3.8, 4) is 0 Å². The molecule has 0 spiro atoms. The van der Waals surface area contributed by atoms with Gasteiger partial charge in [0.25, 0.3) is 0 Å². The Kier molecular flexibility index (Phi) is 4.22. The van der Waals surface area contributed by atoms with E-state index in [1.807, 2.05) is 40.7 Å². The van der Waals surface area contributed by atoms with Gasteiger partial charge < -0.3 is 10.1 Å². The van der Waals surface area contributed by atoms with Crippen LogP contribution in [0.2, 0.25) is 5.15 Å². The molecule has 0 unspecified atom stereocenters. The quantitative estimate of drug-likeness (QED) is 0.837. The van der Waals surface area contributed by atoms with Gasteiger partial charge >= 0.3 is 6.09 Å². The second-order valence-electron chi connectivity index (χ2n) is 5.59. The van der Waals surface area contributed by atoms with E-state index in [-0.39, 0.29) is 0 Å². The van der Waals surface area contributed by atoms with Crippen molar-refractivity contribution < 1.29 is 9.53 Å². The maximum atomic E-state index is 11.8. The van der Waals surface area contributed by atoms with Crippen LogP contribution in [0.5, 0.6) is 0 Å². The molecular formula is C13H19ClN2O2. The van der Waals surface area contributed by atoms with Gasteiger partial charge in [-0.1, -0.05) is 17.7 Å². The Morgan fingerprint density at radius 1 is 1.33 bits per heavy atom. The second-order valence-corrected chi connectivity index (χ2v) is 5.95. The minimum absolute atomic E-state index is 0.374. The summed E-state index contributed by atoms with van der Waals surface area (Å²) in [6.45, 7) is 9.14. The van der Waals surface area contributed by atoms with Gasteiger partial charge in [-0.25, -0.2) is 9.78 Å². The Labute approximate surface area is 113 Å². The number of pyridine rings is 1. The maximum absolute atomic E-state index is 11.8. The first-order chi connectivity index (χ1) is 8.12. The number of carbonyl (C=O) groups excluding carboxylic acids is 1. The molecule has 1 heterocycles. The predicted molar refractivity (Wildman–Crippen MR) is 71.6 cm³/mol. The van der Waals surface area contributed by atoms with E-state index in [4.69, 9.17) is 16.3 Å². The fraction of sp³-hybridized carbons (Fsp3) is 0.538. The highest BCUT2D eigenvalue weighted by Gasteiger charge is 2.28. The molecule has 0 aliphatic heterocycles. The monoisotopic (exact) mass is 270 g/mol. The van der Waals surface area contributed by atoms with Gasteiger partial charge in [-0.15, -0.1) is 0 Å². The maximum Gasteiger partial charge on any atom is 0.408 e. The van der Waals surface area contributed by atoms with Gasteiger partial charge in [0, 0.05) is 11.8 Å². The molecule has 1 N–H and O–H groups in total.